The van der Waals surface area contributed by atoms with Gasteiger partial charge >= 0.3 is 6.36 Å². The molecule has 32 heavy (non-hydrogen) atoms. The van der Waals surface area contributed by atoms with Crippen molar-refractivity contribution in [2.24, 2.45) is 11.3 Å². The average Bonchev–Trinajstić information content (AvgIpc) is 3.41. The second-order valence-corrected chi connectivity index (χ2v) is 10.0. The lowest BCUT2D eigenvalue weighted by Crippen LogP contribution is -2.30. The van der Waals surface area contributed by atoms with Gasteiger partial charge in [-0.2, -0.15) is 0 Å². The molecule has 1 aliphatic carbocycles. The number of carbonyl (C=O) groups excluding carboxylic acids is 1. The first-order valence-corrected chi connectivity index (χ1v) is 10.8. The van der Waals surface area contributed by atoms with Crippen molar-refractivity contribution in [2.75, 3.05) is 16.8 Å². The Morgan fingerprint density at radius 3 is 2.53 bits per heavy atom. The molecule has 0 spiro atoms. The van der Waals surface area contributed by atoms with E-state index in [1.54, 1.807) is 12.1 Å². The normalized spacial score (nSPS) is 19.8. The van der Waals surface area contributed by atoms with Gasteiger partial charge in [0, 0.05) is 25.4 Å². The van der Waals surface area contributed by atoms with Crippen LogP contribution in [0, 0.1) is 18.3 Å². The number of alkyl halides is 3. The van der Waals surface area contributed by atoms with Gasteiger partial charge in [-0.25, -0.2) is 4.98 Å². The van der Waals surface area contributed by atoms with Crippen molar-refractivity contribution in [3.8, 4) is 5.75 Å². The van der Waals surface area contributed by atoms with Crippen molar-refractivity contribution in [3.05, 3.63) is 47.2 Å². The molecule has 0 radical (unpaired) electrons. The zero-order valence-electron chi connectivity index (χ0n) is 18.7. The van der Waals surface area contributed by atoms with E-state index >= 15 is 0 Å². The summed E-state index contributed by atoms with van der Waals surface area (Å²) < 4.78 is 41.1. The molecule has 2 atom stereocenters. The maximum Gasteiger partial charge on any atom is 0.573 e. The molecule has 2 aromatic rings. The summed E-state index contributed by atoms with van der Waals surface area (Å²) >= 11 is 0. The number of rotatable bonds is 5. The average molecular weight is 448 g/mol. The smallest absolute Gasteiger partial charge is 0.406 e. The van der Waals surface area contributed by atoms with Crippen molar-refractivity contribution >= 4 is 17.4 Å². The molecule has 1 aliphatic heterocycles. The highest BCUT2D eigenvalue weighted by atomic mass is 19.4. The molecule has 1 aromatic carbocycles. The first-order valence-electron chi connectivity index (χ1n) is 10.8. The van der Waals surface area contributed by atoms with E-state index in [1.165, 1.54) is 12.1 Å². The lowest BCUT2D eigenvalue weighted by atomic mass is 9.92. The number of carbonyl (C=O) groups is 1. The second kappa shape index (κ2) is 7.98. The number of aromatic nitrogens is 1. The van der Waals surface area contributed by atoms with Crippen molar-refractivity contribution in [1.82, 2.24) is 4.98 Å². The Bertz CT molecular complexity index is 1010. The third-order valence-electron chi connectivity index (χ3n) is 5.77. The number of ether oxygens (including phenoxy) is 1. The number of amides is 1. The van der Waals surface area contributed by atoms with Gasteiger partial charge in [-0.05, 0) is 54.0 Å². The van der Waals surface area contributed by atoms with Gasteiger partial charge < -0.3 is 15.0 Å². The number of nitrogens with one attached hydrogen (secondary N) is 1. The third kappa shape index (κ3) is 5.34. The molecule has 1 amide bonds. The van der Waals surface area contributed by atoms with E-state index in [2.05, 4.69) is 21.0 Å². The first kappa shape index (κ1) is 22.4. The SMILES string of the molecule is Cc1cc2c(nc1NC(=O)CC(C)(C)C)C1CC1CN2Cc1ccc(OC(F)(F)F)cc1. The molecule has 8 heteroatoms. The van der Waals surface area contributed by atoms with Crippen molar-refractivity contribution < 1.29 is 22.7 Å². The van der Waals surface area contributed by atoms with Crippen LogP contribution in [0.2, 0.25) is 0 Å². The van der Waals surface area contributed by atoms with Gasteiger partial charge in [0.15, 0.2) is 0 Å². The van der Waals surface area contributed by atoms with Crippen molar-refractivity contribution in [3.63, 3.8) is 0 Å². The fraction of sp³-hybridized carbons (Fsp3) is 0.500. The van der Waals surface area contributed by atoms with Crippen LogP contribution in [0.25, 0.3) is 0 Å². The van der Waals surface area contributed by atoms with Gasteiger partial charge in [0.25, 0.3) is 0 Å². The summed E-state index contributed by atoms with van der Waals surface area (Å²) in [7, 11) is 0. The molecule has 172 valence electrons. The Hall–Kier alpha value is -2.77. The summed E-state index contributed by atoms with van der Waals surface area (Å²) in [6.45, 7) is 9.45. The minimum absolute atomic E-state index is 0.0470. The van der Waals surface area contributed by atoms with Crippen LogP contribution >= 0.6 is 0 Å². The molecule has 1 N–H and O–H groups in total. The summed E-state index contributed by atoms with van der Waals surface area (Å²) in [6, 6.07) is 8.04. The van der Waals surface area contributed by atoms with Gasteiger partial charge in [0.1, 0.15) is 11.6 Å². The fourth-order valence-corrected chi connectivity index (χ4v) is 4.26. The van der Waals surface area contributed by atoms with Gasteiger partial charge in [0.2, 0.25) is 5.91 Å². The number of aryl methyl sites for hydroxylation is 1. The van der Waals surface area contributed by atoms with Crippen LogP contribution in [0.4, 0.5) is 24.7 Å². The second-order valence-electron chi connectivity index (χ2n) is 10.0. The van der Waals surface area contributed by atoms with Crippen LogP contribution in [-0.2, 0) is 11.3 Å². The van der Waals surface area contributed by atoms with Crippen molar-refractivity contribution in [1.29, 1.82) is 0 Å². The highest BCUT2D eigenvalue weighted by Gasteiger charge is 2.46. The quantitative estimate of drug-likeness (QED) is 0.631. The van der Waals surface area contributed by atoms with Gasteiger partial charge in [-0.3, -0.25) is 4.79 Å². The Kier molecular flexibility index (Phi) is 5.59. The van der Waals surface area contributed by atoms with Crippen LogP contribution in [-0.4, -0.2) is 23.8 Å². The lowest BCUT2D eigenvalue weighted by Gasteiger charge is -2.31. The number of nitrogens with zero attached hydrogens (tertiary/aromatic N) is 2. The van der Waals surface area contributed by atoms with Crippen LogP contribution in [0.5, 0.6) is 5.75 Å². The number of benzene rings is 1. The maximum atomic E-state index is 12.4. The summed E-state index contributed by atoms with van der Waals surface area (Å²) in [5.74, 6) is 1.26. The van der Waals surface area contributed by atoms with E-state index in [1.807, 2.05) is 27.7 Å². The first-order chi connectivity index (χ1) is 14.9. The van der Waals surface area contributed by atoms with E-state index in [-0.39, 0.29) is 17.1 Å². The van der Waals surface area contributed by atoms with Crippen molar-refractivity contribution in [2.45, 2.75) is 59.4 Å². The minimum atomic E-state index is -4.70. The van der Waals surface area contributed by atoms with E-state index in [0.29, 0.717) is 30.6 Å². The molecule has 0 bridgehead atoms. The molecule has 1 saturated carbocycles. The predicted octanol–water partition coefficient (Wildman–Crippen LogP) is 5.79. The van der Waals surface area contributed by atoms with E-state index in [0.717, 1.165) is 35.5 Å². The van der Waals surface area contributed by atoms with Crippen LogP contribution in [0.1, 0.15) is 56.4 Å². The van der Waals surface area contributed by atoms with Crippen LogP contribution in [0.3, 0.4) is 0 Å². The monoisotopic (exact) mass is 447 g/mol. The number of anilines is 2. The number of hydrogen-bond acceptors (Lipinski definition) is 4. The highest BCUT2D eigenvalue weighted by molar-refractivity contribution is 5.91. The molecule has 1 fully saturated rings. The molecule has 2 heterocycles. The standard InChI is InChI=1S/C24H28F3N3O2/c1-14-9-19-21(29-22(14)28-20(31)11-23(2,3)4)18-10-16(18)13-30(19)12-15-5-7-17(8-6-15)32-24(25,26)27/h5-9,16,18H,10-13H2,1-4H3,(H,28,29,31). The highest BCUT2D eigenvalue weighted by Crippen LogP contribution is 2.54. The van der Waals surface area contributed by atoms with Gasteiger partial charge in [0.05, 0.1) is 11.4 Å². The van der Waals surface area contributed by atoms with E-state index in [9.17, 15) is 18.0 Å². The van der Waals surface area contributed by atoms with Crippen LogP contribution < -0.4 is 15.0 Å². The molecule has 0 saturated heterocycles. The Morgan fingerprint density at radius 1 is 1.22 bits per heavy atom. The molecule has 2 unspecified atom stereocenters. The van der Waals surface area contributed by atoms with E-state index in [4.69, 9.17) is 4.98 Å². The zero-order valence-corrected chi connectivity index (χ0v) is 18.7. The predicted molar refractivity (Wildman–Crippen MR) is 117 cm³/mol. The molecular weight excluding hydrogens is 419 g/mol. The van der Waals surface area contributed by atoms with Gasteiger partial charge in [-0.15, -0.1) is 13.2 Å². The van der Waals surface area contributed by atoms with Gasteiger partial charge in [-0.1, -0.05) is 32.9 Å². The summed E-state index contributed by atoms with van der Waals surface area (Å²) in [6.07, 6.45) is -3.22. The number of fused-ring (bicyclic) bond motifs is 3. The number of hydrogen-bond donors (Lipinski definition) is 1. The van der Waals surface area contributed by atoms with Crippen LogP contribution in [0.15, 0.2) is 30.3 Å². The Balaban J connectivity index is 1.52. The lowest BCUT2D eigenvalue weighted by molar-refractivity contribution is -0.274. The fourth-order valence-electron chi connectivity index (χ4n) is 4.26. The Morgan fingerprint density at radius 2 is 1.91 bits per heavy atom. The molecule has 5 nitrogen and oxygen atoms in total. The summed E-state index contributed by atoms with van der Waals surface area (Å²) in [4.78, 5) is 19.5. The summed E-state index contributed by atoms with van der Waals surface area (Å²) in [5.41, 5.74) is 3.71. The molecule has 4 rings (SSSR count). The zero-order chi connectivity index (χ0) is 23.3. The summed E-state index contributed by atoms with van der Waals surface area (Å²) in [5, 5.41) is 2.97. The van der Waals surface area contributed by atoms with E-state index < -0.39 is 6.36 Å². The maximum absolute atomic E-state index is 12.4. The molecule has 2 aliphatic rings. The third-order valence-corrected chi connectivity index (χ3v) is 5.77. The topological polar surface area (TPSA) is 54.5 Å². The largest absolute Gasteiger partial charge is 0.573 e. The number of pyridine rings is 1. The molecule has 1 aromatic heterocycles. The minimum Gasteiger partial charge on any atom is -0.406 e. The number of halogens is 3. The molecular formula is C24H28F3N3O2. The Labute approximate surface area is 186 Å².